The molecule has 0 aliphatic carbocycles. The largest absolute Gasteiger partial charge is 0.326 e. The van der Waals surface area contributed by atoms with Gasteiger partial charge in [-0.1, -0.05) is 6.07 Å². The number of hydrogen-bond acceptors (Lipinski definition) is 3. The predicted octanol–water partition coefficient (Wildman–Crippen LogP) is 1.74. The molecule has 2 rings (SSSR count). The summed E-state index contributed by atoms with van der Waals surface area (Å²) in [6.45, 7) is 0.390. The lowest BCUT2D eigenvalue weighted by molar-refractivity contribution is 0.630. The maximum Gasteiger partial charge on any atom is 0.131 e. The Balaban J connectivity index is 2.52. The van der Waals surface area contributed by atoms with Gasteiger partial charge in [0, 0.05) is 30.1 Å². The summed E-state index contributed by atoms with van der Waals surface area (Å²) in [6, 6.07) is 4.79. The van der Waals surface area contributed by atoms with E-state index in [0.29, 0.717) is 17.7 Å². The van der Waals surface area contributed by atoms with Crippen molar-refractivity contribution in [3.63, 3.8) is 0 Å². The zero-order valence-electron chi connectivity index (χ0n) is 8.02. The first-order chi connectivity index (χ1) is 7.31. The molecule has 1 aromatic heterocycles. The molecular weight excluding hydrogens is 193 g/mol. The van der Waals surface area contributed by atoms with Crippen molar-refractivity contribution in [2.75, 3.05) is 0 Å². The quantitative estimate of drug-likeness (QED) is 0.808. The van der Waals surface area contributed by atoms with Crippen molar-refractivity contribution >= 4 is 0 Å². The highest BCUT2D eigenvalue weighted by atomic mass is 19.1. The van der Waals surface area contributed by atoms with Crippen LogP contribution < -0.4 is 5.73 Å². The summed E-state index contributed by atoms with van der Waals surface area (Å²) in [6.07, 6.45) is 4.56. The third-order valence-corrected chi connectivity index (χ3v) is 2.14. The molecule has 2 aromatic rings. The fraction of sp³-hybridized carbons (Fsp3) is 0.0909. The van der Waals surface area contributed by atoms with E-state index in [0.717, 1.165) is 5.56 Å². The molecule has 0 bridgehead atoms. The van der Waals surface area contributed by atoms with Crippen LogP contribution in [0.1, 0.15) is 5.56 Å². The molecule has 0 saturated carbocycles. The second-order valence-electron chi connectivity index (χ2n) is 3.15. The number of nitrogens with zero attached hydrogens (tertiary/aromatic N) is 2. The van der Waals surface area contributed by atoms with Crippen molar-refractivity contribution < 1.29 is 4.39 Å². The fourth-order valence-electron chi connectivity index (χ4n) is 1.36. The van der Waals surface area contributed by atoms with Crippen molar-refractivity contribution in [2.45, 2.75) is 6.54 Å². The third kappa shape index (κ3) is 1.99. The van der Waals surface area contributed by atoms with Crippen LogP contribution in [0.5, 0.6) is 0 Å². The van der Waals surface area contributed by atoms with Gasteiger partial charge in [-0.2, -0.15) is 0 Å². The van der Waals surface area contributed by atoms with E-state index in [1.165, 1.54) is 12.4 Å². The van der Waals surface area contributed by atoms with E-state index in [2.05, 4.69) is 9.97 Å². The maximum atomic E-state index is 13.5. The van der Waals surface area contributed by atoms with E-state index in [1.807, 2.05) is 0 Å². The zero-order valence-corrected chi connectivity index (χ0v) is 8.02. The Labute approximate surface area is 86.8 Å². The topological polar surface area (TPSA) is 51.8 Å². The van der Waals surface area contributed by atoms with Crippen LogP contribution in [0.25, 0.3) is 11.1 Å². The SMILES string of the molecule is NCc1ccc(F)c(-c2cncnc2)c1. The monoisotopic (exact) mass is 203 g/mol. The van der Waals surface area contributed by atoms with Gasteiger partial charge in [-0.05, 0) is 17.7 Å². The molecule has 0 spiro atoms. The summed E-state index contributed by atoms with van der Waals surface area (Å²) in [4.78, 5) is 7.70. The molecule has 76 valence electrons. The van der Waals surface area contributed by atoms with Gasteiger partial charge in [0.1, 0.15) is 12.1 Å². The Morgan fingerprint density at radius 2 is 1.93 bits per heavy atom. The second-order valence-corrected chi connectivity index (χ2v) is 3.15. The Morgan fingerprint density at radius 1 is 1.20 bits per heavy atom. The van der Waals surface area contributed by atoms with E-state index >= 15 is 0 Å². The first-order valence-electron chi connectivity index (χ1n) is 4.55. The molecule has 0 aliphatic heterocycles. The van der Waals surface area contributed by atoms with Gasteiger partial charge < -0.3 is 5.73 Å². The smallest absolute Gasteiger partial charge is 0.131 e. The second kappa shape index (κ2) is 4.14. The van der Waals surface area contributed by atoms with Crippen LogP contribution in [0.2, 0.25) is 0 Å². The molecule has 0 amide bonds. The van der Waals surface area contributed by atoms with Gasteiger partial charge >= 0.3 is 0 Å². The van der Waals surface area contributed by atoms with Gasteiger partial charge in [0.15, 0.2) is 0 Å². The molecule has 15 heavy (non-hydrogen) atoms. The van der Waals surface area contributed by atoms with Crippen LogP contribution in [0.3, 0.4) is 0 Å². The lowest BCUT2D eigenvalue weighted by Gasteiger charge is -2.04. The Hall–Kier alpha value is -1.81. The normalized spacial score (nSPS) is 10.3. The van der Waals surface area contributed by atoms with Crippen LogP contribution in [-0.4, -0.2) is 9.97 Å². The molecule has 1 aromatic carbocycles. The first-order valence-corrected chi connectivity index (χ1v) is 4.55. The number of benzene rings is 1. The number of nitrogens with two attached hydrogens (primary N) is 1. The maximum absolute atomic E-state index is 13.5. The molecule has 0 atom stereocenters. The molecule has 0 aliphatic rings. The summed E-state index contributed by atoms with van der Waals surface area (Å²) in [5.74, 6) is -0.290. The van der Waals surface area contributed by atoms with Gasteiger partial charge in [-0.3, -0.25) is 0 Å². The molecule has 1 heterocycles. The molecule has 3 nitrogen and oxygen atoms in total. The van der Waals surface area contributed by atoms with Gasteiger partial charge in [-0.25, -0.2) is 14.4 Å². The van der Waals surface area contributed by atoms with Crippen molar-refractivity contribution in [3.05, 3.63) is 48.3 Å². The molecular formula is C11H10FN3. The van der Waals surface area contributed by atoms with E-state index in [-0.39, 0.29) is 5.82 Å². The third-order valence-electron chi connectivity index (χ3n) is 2.14. The minimum absolute atomic E-state index is 0.290. The molecule has 0 fully saturated rings. The lowest BCUT2D eigenvalue weighted by atomic mass is 10.1. The summed E-state index contributed by atoms with van der Waals surface area (Å²) >= 11 is 0. The average molecular weight is 203 g/mol. The van der Waals surface area contributed by atoms with Crippen molar-refractivity contribution in [2.24, 2.45) is 5.73 Å². The number of hydrogen-bond donors (Lipinski definition) is 1. The summed E-state index contributed by atoms with van der Waals surface area (Å²) in [5.41, 5.74) is 7.52. The summed E-state index contributed by atoms with van der Waals surface area (Å²) in [5, 5.41) is 0. The Morgan fingerprint density at radius 3 is 2.60 bits per heavy atom. The van der Waals surface area contributed by atoms with Crippen LogP contribution in [0.4, 0.5) is 4.39 Å². The molecule has 0 saturated heterocycles. The molecule has 0 radical (unpaired) electrons. The van der Waals surface area contributed by atoms with Gasteiger partial charge in [0.2, 0.25) is 0 Å². The fourth-order valence-corrected chi connectivity index (χ4v) is 1.36. The standard InChI is InChI=1S/C11H10FN3/c12-11-2-1-8(4-13)3-10(11)9-5-14-7-15-6-9/h1-3,5-7H,4,13H2. The van der Waals surface area contributed by atoms with E-state index in [4.69, 9.17) is 5.73 Å². The minimum Gasteiger partial charge on any atom is -0.326 e. The highest BCUT2D eigenvalue weighted by molar-refractivity contribution is 5.62. The van der Waals surface area contributed by atoms with Gasteiger partial charge in [0.25, 0.3) is 0 Å². The van der Waals surface area contributed by atoms with Gasteiger partial charge in [-0.15, -0.1) is 0 Å². The van der Waals surface area contributed by atoms with Crippen molar-refractivity contribution in [3.8, 4) is 11.1 Å². The van der Waals surface area contributed by atoms with Gasteiger partial charge in [0.05, 0.1) is 0 Å². The number of halogens is 1. The number of aromatic nitrogens is 2. The number of rotatable bonds is 2. The summed E-state index contributed by atoms with van der Waals surface area (Å²) < 4.78 is 13.5. The van der Waals surface area contributed by atoms with Crippen molar-refractivity contribution in [1.29, 1.82) is 0 Å². The van der Waals surface area contributed by atoms with E-state index < -0.39 is 0 Å². The first kappa shape index (κ1) is 9.73. The van der Waals surface area contributed by atoms with Crippen LogP contribution in [0.15, 0.2) is 36.9 Å². The minimum atomic E-state index is -0.290. The van der Waals surface area contributed by atoms with E-state index in [1.54, 1.807) is 24.5 Å². The Kier molecular flexibility index (Phi) is 2.69. The predicted molar refractivity (Wildman–Crippen MR) is 55.3 cm³/mol. The lowest BCUT2D eigenvalue weighted by Crippen LogP contribution is -1.97. The summed E-state index contributed by atoms with van der Waals surface area (Å²) in [7, 11) is 0. The molecule has 0 unspecified atom stereocenters. The molecule has 4 heteroatoms. The van der Waals surface area contributed by atoms with Crippen LogP contribution in [-0.2, 0) is 6.54 Å². The average Bonchev–Trinajstić information content (AvgIpc) is 2.31. The van der Waals surface area contributed by atoms with E-state index in [9.17, 15) is 4.39 Å². The highest BCUT2D eigenvalue weighted by Crippen LogP contribution is 2.22. The zero-order chi connectivity index (χ0) is 10.7. The van der Waals surface area contributed by atoms with Crippen LogP contribution in [0, 0.1) is 5.82 Å². The van der Waals surface area contributed by atoms with Crippen molar-refractivity contribution in [1.82, 2.24) is 9.97 Å². The highest BCUT2D eigenvalue weighted by Gasteiger charge is 2.05. The Bertz CT molecular complexity index is 457. The van der Waals surface area contributed by atoms with Crippen LogP contribution >= 0.6 is 0 Å². The molecule has 2 N–H and O–H groups in total.